The van der Waals surface area contributed by atoms with E-state index >= 15 is 0 Å². The number of hydrogen-bond donors (Lipinski definition) is 3. The van der Waals surface area contributed by atoms with Crippen LogP contribution in [0.15, 0.2) is 48.0 Å². The molecule has 2 aromatic rings. The van der Waals surface area contributed by atoms with E-state index in [1.165, 1.54) is 13.2 Å². The fraction of sp³-hybridized carbons (Fsp3) is 0.469. The molecule has 0 bridgehead atoms. The molecule has 0 radical (unpaired) electrons. The zero-order chi connectivity index (χ0) is 31.4. The minimum absolute atomic E-state index is 0.0545. The average Bonchev–Trinajstić information content (AvgIpc) is 3.01. The van der Waals surface area contributed by atoms with E-state index in [9.17, 15) is 24.6 Å². The van der Waals surface area contributed by atoms with Gasteiger partial charge in [0, 0.05) is 42.1 Å². The Kier molecular flexibility index (Phi) is 14.2. The Morgan fingerprint density at radius 2 is 1.88 bits per heavy atom. The smallest absolute Gasteiger partial charge is 0.247 e. The largest absolute Gasteiger partial charge is 0.493 e. The molecular formula is C32H40ClIN2O7. The number of nitrogens with one attached hydrogen (secondary N) is 1. The summed E-state index contributed by atoms with van der Waals surface area (Å²) in [6, 6.07) is 9.54. The summed E-state index contributed by atoms with van der Waals surface area (Å²) in [6.07, 6.45) is 5.32. The van der Waals surface area contributed by atoms with Gasteiger partial charge in [0.15, 0.2) is 11.5 Å². The second-order valence-corrected chi connectivity index (χ2v) is 12.1. The molecule has 2 aromatic carbocycles. The Morgan fingerprint density at radius 1 is 1.16 bits per heavy atom. The van der Waals surface area contributed by atoms with Gasteiger partial charge in [-0.05, 0) is 64.9 Å². The first-order chi connectivity index (χ1) is 20.7. The number of aliphatic hydroxyl groups is 2. The molecule has 0 saturated carbocycles. The number of halogens is 2. The van der Waals surface area contributed by atoms with E-state index < -0.39 is 24.2 Å². The maximum atomic E-state index is 13.8. The molecule has 3 rings (SSSR count). The fourth-order valence-corrected chi connectivity index (χ4v) is 5.92. The quantitative estimate of drug-likeness (QED) is 0.125. The van der Waals surface area contributed by atoms with Crippen LogP contribution < -0.4 is 14.8 Å². The van der Waals surface area contributed by atoms with Gasteiger partial charge in [-0.25, -0.2) is 0 Å². The lowest BCUT2D eigenvalue weighted by atomic mass is 9.87. The fourth-order valence-electron chi connectivity index (χ4n) is 5.04. The van der Waals surface area contributed by atoms with Crippen LogP contribution in [-0.2, 0) is 16.1 Å². The second kappa shape index (κ2) is 17.6. The Bertz CT molecular complexity index is 1270. The third-order valence-electron chi connectivity index (χ3n) is 7.34. The number of amides is 2. The Labute approximate surface area is 271 Å². The van der Waals surface area contributed by atoms with Crippen LogP contribution in [0.2, 0.25) is 5.02 Å². The van der Waals surface area contributed by atoms with Crippen molar-refractivity contribution in [2.24, 2.45) is 0 Å². The molecule has 0 heterocycles. The molecule has 2 amide bonds. The van der Waals surface area contributed by atoms with E-state index in [0.29, 0.717) is 43.9 Å². The summed E-state index contributed by atoms with van der Waals surface area (Å²) in [7, 11) is 1.45. The number of carbonyl (C=O) groups is 3. The van der Waals surface area contributed by atoms with Gasteiger partial charge < -0.3 is 29.9 Å². The normalized spacial score (nSPS) is 18.0. The number of benzene rings is 2. The first-order valence-corrected chi connectivity index (χ1v) is 16.0. The van der Waals surface area contributed by atoms with Gasteiger partial charge in [-0.15, -0.1) is 0 Å². The van der Waals surface area contributed by atoms with Gasteiger partial charge in [0.25, 0.3) is 0 Å². The van der Waals surface area contributed by atoms with Gasteiger partial charge in [-0.2, -0.15) is 0 Å². The highest BCUT2D eigenvalue weighted by Gasteiger charge is 2.41. The first kappa shape index (κ1) is 34.8. The first-order valence-electron chi connectivity index (χ1n) is 14.5. The van der Waals surface area contributed by atoms with Crippen LogP contribution in [0.4, 0.5) is 0 Å². The van der Waals surface area contributed by atoms with Gasteiger partial charge in [-0.3, -0.25) is 14.4 Å². The molecule has 1 aliphatic rings. The van der Waals surface area contributed by atoms with Gasteiger partial charge in [0.05, 0.1) is 23.3 Å². The molecule has 234 valence electrons. The van der Waals surface area contributed by atoms with Crippen molar-refractivity contribution in [3.63, 3.8) is 0 Å². The van der Waals surface area contributed by atoms with Crippen LogP contribution in [0, 0.1) is 3.57 Å². The van der Waals surface area contributed by atoms with Gasteiger partial charge in [0.1, 0.15) is 18.5 Å². The molecular weight excluding hydrogens is 687 g/mol. The zero-order valence-corrected chi connectivity index (χ0v) is 27.5. The van der Waals surface area contributed by atoms with Crippen molar-refractivity contribution in [2.75, 3.05) is 20.3 Å². The maximum absolute atomic E-state index is 13.8. The number of rotatable bonds is 16. The van der Waals surface area contributed by atoms with Crippen molar-refractivity contribution in [1.82, 2.24) is 10.2 Å². The number of carbonyl (C=O) groups excluding carboxylic acids is 3. The summed E-state index contributed by atoms with van der Waals surface area (Å²) < 4.78 is 12.3. The predicted molar refractivity (Wildman–Crippen MR) is 173 cm³/mol. The van der Waals surface area contributed by atoms with Crippen molar-refractivity contribution in [3.05, 3.63) is 67.8 Å². The topological polar surface area (TPSA) is 125 Å². The SMILES string of the molecule is CCCCCCCC(=O)N(Cc1ccc(Cl)cc1)C1CC(C(=O)NCCO)=CC(Oc2c(I)cc(C=O)cc2OC)C1O. The van der Waals surface area contributed by atoms with Crippen LogP contribution in [-0.4, -0.2) is 71.7 Å². The van der Waals surface area contributed by atoms with E-state index in [-0.39, 0.29) is 32.0 Å². The van der Waals surface area contributed by atoms with Crippen molar-refractivity contribution < 1.29 is 34.1 Å². The van der Waals surface area contributed by atoms with Crippen LogP contribution in [0.5, 0.6) is 11.5 Å². The highest BCUT2D eigenvalue weighted by Crippen LogP contribution is 2.37. The number of aliphatic hydroxyl groups excluding tert-OH is 2. The van der Waals surface area contributed by atoms with E-state index in [2.05, 4.69) is 12.2 Å². The second-order valence-electron chi connectivity index (χ2n) is 10.5. The van der Waals surface area contributed by atoms with E-state index in [0.717, 1.165) is 37.7 Å². The standard InChI is InChI=1S/C32H40ClIN2O7/c1-3-4-5-6-7-8-29(39)36(19-21-9-11-24(33)12-10-21)26-17-23(32(41)35-13-14-37)18-27(30(26)40)43-31-25(34)15-22(20-38)16-28(31)42-2/h9-12,15-16,18,20,26-27,30,37,40H,3-8,13-14,17,19H2,1-2H3,(H,35,41). The van der Waals surface area contributed by atoms with Crippen molar-refractivity contribution in [3.8, 4) is 11.5 Å². The van der Waals surface area contributed by atoms with Gasteiger partial charge in [0.2, 0.25) is 11.8 Å². The summed E-state index contributed by atoms with van der Waals surface area (Å²) in [5, 5.41) is 24.3. The minimum atomic E-state index is -1.20. The third kappa shape index (κ3) is 9.92. The number of unbranched alkanes of at least 4 members (excludes halogenated alkanes) is 4. The van der Waals surface area contributed by atoms with Crippen LogP contribution >= 0.6 is 34.2 Å². The third-order valence-corrected chi connectivity index (χ3v) is 8.39. The molecule has 1 aliphatic carbocycles. The molecule has 0 spiro atoms. The molecule has 11 heteroatoms. The van der Waals surface area contributed by atoms with Gasteiger partial charge >= 0.3 is 0 Å². The molecule has 0 fully saturated rings. The van der Waals surface area contributed by atoms with E-state index in [1.807, 2.05) is 34.7 Å². The maximum Gasteiger partial charge on any atom is 0.247 e. The summed E-state index contributed by atoms with van der Waals surface area (Å²) >= 11 is 8.13. The van der Waals surface area contributed by atoms with Gasteiger partial charge in [-0.1, -0.05) is 56.3 Å². The predicted octanol–water partition coefficient (Wildman–Crippen LogP) is 5.07. The molecule has 43 heavy (non-hydrogen) atoms. The molecule has 9 nitrogen and oxygen atoms in total. The van der Waals surface area contributed by atoms with Crippen molar-refractivity contribution in [1.29, 1.82) is 0 Å². The minimum Gasteiger partial charge on any atom is -0.493 e. The average molecular weight is 727 g/mol. The van der Waals surface area contributed by atoms with Crippen LogP contribution in [0.1, 0.15) is 67.8 Å². The number of hydrogen-bond acceptors (Lipinski definition) is 7. The summed E-state index contributed by atoms with van der Waals surface area (Å²) in [5.41, 5.74) is 1.55. The zero-order valence-electron chi connectivity index (χ0n) is 24.6. The number of aldehydes is 1. The number of methoxy groups -OCH3 is 1. The summed E-state index contributed by atoms with van der Waals surface area (Å²) in [4.78, 5) is 39.9. The van der Waals surface area contributed by atoms with Crippen molar-refractivity contribution in [2.45, 2.75) is 76.7 Å². The monoisotopic (exact) mass is 726 g/mol. The van der Waals surface area contributed by atoms with Crippen LogP contribution in [0.25, 0.3) is 0 Å². The molecule has 3 atom stereocenters. The lowest BCUT2D eigenvalue weighted by molar-refractivity contribution is -0.139. The molecule has 3 unspecified atom stereocenters. The van der Waals surface area contributed by atoms with E-state index in [1.54, 1.807) is 29.2 Å². The lowest BCUT2D eigenvalue weighted by Crippen LogP contribution is -2.54. The Morgan fingerprint density at radius 3 is 2.53 bits per heavy atom. The highest BCUT2D eigenvalue weighted by atomic mass is 127. The Hall–Kier alpha value is -2.67. The van der Waals surface area contributed by atoms with Crippen molar-refractivity contribution >= 4 is 52.3 Å². The summed E-state index contributed by atoms with van der Waals surface area (Å²) in [5.74, 6) is 0.0465. The molecule has 0 saturated heterocycles. The molecule has 0 aliphatic heterocycles. The Balaban J connectivity index is 1.99. The lowest BCUT2D eigenvalue weighted by Gasteiger charge is -2.41. The number of nitrogens with zero attached hydrogens (tertiary/aromatic N) is 1. The highest BCUT2D eigenvalue weighted by molar-refractivity contribution is 14.1. The molecule has 0 aromatic heterocycles. The number of ether oxygens (including phenoxy) is 2. The van der Waals surface area contributed by atoms with E-state index in [4.69, 9.17) is 21.1 Å². The van der Waals surface area contributed by atoms with Crippen LogP contribution in [0.3, 0.4) is 0 Å². The summed E-state index contributed by atoms with van der Waals surface area (Å²) in [6.45, 7) is 2.17. The molecule has 3 N–H and O–H groups in total.